The van der Waals surface area contributed by atoms with Gasteiger partial charge in [-0.3, -0.25) is 18.7 Å². The fourth-order valence-corrected chi connectivity index (χ4v) is 3.76. The molecule has 3 aromatic rings. The van der Waals surface area contributed by atoms with Crippen LogP contribution in [0.2, 0.25) is 0 Å². The third-order valence-electron chi connectivity index (χ3n) is 5.29. The number of nitrogens with zero attached hydrogens (tertiary/aromatic N) is 4. The van der Waals surface area contributed by atoms with Crippen LogP contribution in [0.3, 0.4) is 0 Å². The van der Waals surface area contributed by atoms with Crippen molar-refractivity contribution >= 4 is 16.9 Å². The summed E-state index contributed by atoms with van der Waals surface area (Å²) in [7, 11) is 2.92. The van der Waals surface area contributed by atoms with E-state index in [0.29, 0.717) is 6.54 Å². The summed E-state index contributed by atoms with van der Waals surface area (Å²) in [5.41, 5.74) is 0.269. The molecule has 7 nitrogen and oxygen atoms in total. The Morgan fingerprint density at radius 2 is 1.79 bits per heavy atom. The highest BCUT2D eigenvalue weighted by Gasteiger charge is 2.31. The minimum atomic E-state index is -0.500. The molecule has 1 saturated heterocycles. The summed E-state index contributed by atoms with van der Waals surface area (Å²) in [4.78, 5) is 43.6. The molecule has 0 spiro atoms. The second kappa shape index (κ2) is 6.70. The molecule has 1 fully saturated rings. The van der Waals surface area contributed by atoms with Crippen molar-refractivity contribution in [2.45, 2.75) is 18.9 Å². The van der Waals surface area contributed by atoms with Gasteiger partial charge >= 0.3 is 5.69 Å². The summed E-state index contributed by atoms with van der Waals surface area (Å²) in [5, 5.41) is 0.276. The number of carbonyl (C=O) groups excluding carboxylic acids is 1. The third-order valence-corrected chi connectivity index (χ3v) is 5.29. The predicted molar refractivity (Wildman–Crippen MR) is 102 cm³/mol. The Hall–Kier alpha value is -3.29. The second-order valence-electron chi connectivity index (χ2n) is 6.98. The lowest BCUT2D eigenvalue weighted by Gasteiger charge is -2.25. The normalized spacial score (nSPS) is 16.7. The molecule has 144 valence electrons. The minimum absolute atomic E-state index is 0.155. The van der Waals surface area contributed by atoms with Crippen molar-refractivity contribution in [2.24, 2.45) is 14.1 Å². The van der Waals surface area contributed by atoms with Gasteiger partial charge in [0, 0.05) is 20.6 Å². The Morgan fingerprint density at radius 3 is 2.50 bits per heavy atom. The largest absolute Gasteiger partial charge is 0.332 e. The van der Waals surface area contributed by atoms with E-state index >= 15 is 0 Å². The molecule has 2 aromatic heterocycles. The zero-order chi connectivity index (χ0) is 20.0. The standard InChI is InChI=1S/C20H19FN4O3/c1-23-17-14(18(26)24(2)20(23)28)9-10-15(22-17)19(27)25-11-3-4-16(25)12-5-7-13(21)8-6-12/h5-10,16H,3-4,11H2,1-2H3. The first-order chi connectivity index (χ1) is 13.4. The van der Waals surface area contributed by atoms with Crippen molar-refractivity contribution in [1.82, 2.24) is 19.0 Å². The van der Waals surface area contributed by atoms with Gasteiger partial charge in [-0.15, -0.1) is 0 Å². The molecule has 1 aliphatic heterocycles. The van der Waals surface area contributed by atoms with Crippen molar-refractivity contribution in [3.63, 3.8) is 0 Å². The van der Waals surface area contributed by atoms with Crippen LogP contribution >= 0.6 is 0 Å². The van der Waals surface area contributed by atoms with Crippen LogP contribution < -0.4 is 11.2 Å². The highest BCUT2D eigenvalue weighted by atomic mass is 19.1. The second-order valence-corrected chi connectivity index (χ2v) is 6.98. The molecular formula is C20H19FN4O3. The highest BCUT2D eigenvalue weighted by molar-refractivity contribution is 5.94. The van der Waals surface area contributed by atoms with E-state index in [1.54, 1.807) is 17.0 Å². The number of aromatic nitrogens is 3. The van der Waals surface area contributed by atoms with Crippen LogP contribution in [0, 0.1) is 5.82 Å². The number of hydrogen-bond acceptors (Lipinski definition) is 4. The summed E-state index contributed by atoms with van der Waals surface area (Å²) < 4.78 is 15.5. The van der Waals surface area contributed by atoms with E-state index in [1.165, 1.54) is 42.9 Å². The number of hydrogen-bond donors (Lipinski definition) is 0. The van der Waals surface area contributed by atoms with E-state index < -0.39 is 11.2 Å². The molecule has 1 atom stereocenters. The average molecular weight is 382 g/mol. The summed E-state index contributed by atoms with van der Waals surface area (Å²) >= 11 is 0. The molecule has 0 aliphatic carbocycles. The molecule has 1 aromatic carbocycles. The highest BCUT2D eigenvalue weighted by Crippen LogP contribution is 2.33. The van der Waals surface area contributed by atoms with Gasteiger partial charge in [-0.25, -0.2) is 14.2 Å². The van der Waals surface area contributed by atoms with E-state index in [-0.39, 0.29) is 34.5 Å². The number of aryl methyl sites for hydroxylation is 1. The maximum Gasteiger partial charge on any atom is 0.332 e. The molecule has 4 rings (SSSR count). The number of benzene rings is 1. The van der Waals surface area contributed by atoms with Crippen molar-refractivity contribution in [2.75, 3.05) is 6.54 Å². The molecule has 0 saturated carbocycles. The Bertz CT molecular complexity index is 1200. The average Bonchev–Trinajstić information content (AvgIpc) is 3.20. The van der Waals surface area contributed by atoms with Gasteiger partial charge in [0.25, 0.3) is 11.5 Å². The van der Waals surface area contributed by atoms with Gasteiger partial charge in [-0.2, -0.15) is 0 Å². The molecule has 1 unspecified atom stereocenters. The Kier molecular flexibility index (Phi) is 4.33. The zero-order valence-corrected chi connectivity index (χ0v) is 15.6. The van der Waals surface area contributed by atoms with Crippen molar-refractivity contribution in [3.8, 4) is 0 Å². The first-order valence-corrected chi connectivity index (χ1v) is 9.01. The van der Waals surface area contributed by atoms with E-state index in [4.69, 9.17) is 0 Å². The maximum atomic E-state index is 13.2. The molecule has 3 heterocycles. The number of pyridine rings is 1. The van der Waals surface area contributed by atoms with Gasteiger partial charge in [-0.05, 0) is 42.7 Å². The fraction of sp³-hybridized carbons (Fsp3) is 0.300. The Labute approximate surface area is 159 Å². The third kappa shape index (κ3) is 2.81. The topological polar surface area (TPSA) is 77.2 Å². The zero-order valence-electron chi connectivity index (χ0n) is 15.6. The molecule has 8 heteroatoms. The van der Waals surface area contributed by atoms with Crippen molar-refractivity contribution in [3.05, 3.63) is 74.3 Å². The van der Waals surface area contributed by atoms with E-state index in [1.807, 2.05) is 0 Å². The van der Waals surface area contributed by atoms with Crippen LogP contribution in [-0.4, -0.2) is 31.5 Å². The quantitative estimate of drug-likeness (QED) is 0.677. The number of halogens is 1. The summed E-state index contributed by atoms with van der Waals surface area (Å²) in [6, 6.07) is 9.03. The van der Waals surface area contributed by atoms with E-state index in [9.17, 15) is 18.8 Å². The Balaban J connectivity index is 1.75. The first-order valence-electron chi connectivity index (χ1n) is 9.01. The summed E-state index contributed by atoms with van der Waals surface area (Å²) in [6.07, 6.45) is 1.62. The number of carbonyl (C=O) groups is 1. The van der Waals surface area contributed by atoms with Gasteiger partial charge in [0.05, 0.1) is 11.4 Å². The van der Waals surface area contributed by atoms with Crippen LogP contribution in [0.1, 0.15) is 34.9 Å². The summed E-state index contributed by atoms with van der Waals surface area (Å²) in [6.45, 7) is 0.566. The smallest absolute Gasteiger partial charge is 0.330 e. The molecule has 28 heavy (non-hydrogen) atoms. The van der Waals surface area contributed by atoms with Gasteiger partial charge in [0.15, 0.2) is 0 Å². The van der Waals surface area contributed by atoms with Crippen molar-refractivity contribution in [1.29, 1.82) is 0 Å². The lowest BCUT2D eigenvalue weighted by atomic mass is 10.0. The Morgan fingerprint density at radius 1 is 1.07 bits per heavy atom. The molecule has 0 bridgehead atoms. The molecule has 0 radical (unpaired) electrons. The maximum absolute atomic E-state index is 13.2. The van der Waals surface area contributed by atoms with Crippen molar-refractivity contribution < 1.29 is 9.18 Å². The van der Waals surface area contributed by atoms with Crippen LogP contribution in [0.4, 0.5) is 4.39 Å². The van der Waals surface area contributed by atoms with Gasteiger partial charge < -0.3 is 4.90 Å². The summed E-state index contributed by atoms with van der Waals surface area (Å²) in [5.74, 6) is -0.597. The fourth-order valence-electron chi connectivity index (χ4n) is 3.76. The SMILES string of the molecule is Cn1c(=O)c2ccc(C(=O)N3CCCC3c3ccc(F)cc3)nc2n(C)c1=O. The number of fused-ring (bicyclic) bond motifs is 1. The first kappa shape index (κ1) is 18.1. The number of likely N-dealkylation sites (tertiary alicyclic amines) is 1. The number of rotatable bonds is 2. The lowest BCUT2D eigenvalue weighted by molar-refractivity contribution is 0.0730. The lowest BCUT2D eigenvalue weighted by Crippen LogP contribution is -2.38. The van der Waals surface area contributed by atoms with Crippen LogP contribution in [0.5, 0.6) is 0 Å². The van der Waals surface area contributed by atoms with Gasteiger partial charge in [0.2, 0.25) is 0 Å². The molecule has 1 amide bonds. The predicted octanol–water partition coefficient (Wildman–Crippen LogP) is 1.75. The van der Waals surface area contributed by atoms with Crippen LogP contribution in [0.15, 0.2) is 46.0 Å². The number of amides is 1. The van der Waals surface area contributed by atoms with E-state index in [2.05, 4.69) is 4.98 Å². The van der Waals surface area contributed by atoms with Crippen LogP contribution in [-0.2, 0) is 14.1 Å². The molecule has 0 N–H and O–H groups in total. The monoisotopic (exact) mass is 382 g/mol. The molecule has 1 aliphatic rings. The molecular weight excluding hydrogens is 363 g/mol. The van der Waals surface area contributed by atoms with E-state index in [0.717, 1.165) is 23.0 Å². The van der Waals surface area contributed by atoms with Gasteiger partial charge in [-0.1, -0.05) is 12.1 Å². The minimum Gasteiger partial charge on any atom is -0.330 e. The van der Waals surface area contributed by atoms with Crippen LogP contribution in [0.25, 0.3) is 11.0 Å². The van der Waals surface area contributed by atoms with Gasteiger partial charge in [0.1, 0.15) is 17.2 Å².